The highest BCUT2D eigenvalue weighted by Crippen LogP contribution is 2.20. The molecule has 0 aliphatic carbocycles. The van der Waals surface area contributed by atoms with Crippen molar-refractivity contribution in [2.75, 3.05) is 0 Å². The Hall–Kier alpha value is -1.96. The van der Waals surface area contributed by atoms with Crippen LogP contribution in [-0.4, -0.2) is 10.8 Å². The van der Waals surface area contributed by atoms with Crippen LogP contribution in [0, 0.1) is 13.8 Å². The lowest BCUT2D eigenvalue weighted by Gasteiger charge is -2.11. The van der Waals surface area contributed by atoms with Crippen LogP contribution in [0.15, 0.2) is 42.6 Å². The Labute approximate surface area is 108 Å². The van der Waals surface area contributed by atoms with Gasteiger partial charge in [0.1, 0.15) is 0 Å². The molecule has 2 nitrogen and oxygen atoms in total. The molecule has 1 atom stereocenters. The van der Waals surface area contributed by atoms with Crippen LogP contribution in [0.3, 0.4) is 0 Å². The van der Waals surface area contributed by atoms with Gasteiger partial charge in [-0.15, -0.1) is 0 Å². The minimum atomic E-state index is -0.201. The maximum absolute atomic E-state index is 12.4. The summed E-state index contributed by atoms with van der Waals surface area (Å²) in [5.74, 6) is -0.0760. The van der Waals surface area contributed by atoms with E-state index in [0.29, 0.717) is 0 Å². The summed E-state index contributed by atoms with van der Waals surface area (Å²) in [5, 5.41) is 0. The lowest BCUT2D eigenvalue weighted by molar-refractivity contribution is 0.0964. The number of rotatable bonds is 3. The molecule has 1 aromatic heterocycles. The Morgan fingerprint density at radius 1 is 1.11 bits per heavy atom. The summed E-state index contributed by atoms with van der Waals surface area (Å²) >= 11 is 0. The summed E-state index contributed by atoms with van der Waals surface area (Å²) in [7, 11) is 0. The third kappa shape index (κ3) is 2.65. The Morgan fingerprint density at radius 3 is 2.33 bits per heavy atom. The zero-order valence-corrected chi connectivity index (χ0v) is 11.0. The fourth-order valence-electron chi connectivity index (χ4n) is 2.13. The van der Waals surface area contributed by atoms with E-state index in [1.807, 2.05) is 51.1 Å². The molecule has 0 N–H and O–H groups in total. The van der Waals surface area contributed by atoms with Crippen molar-refractivity contribution in [1.29, 1.82) is 0 Å². The molecule has 0 bridgehead atoms. The molecule has 2 heteroatoms. The van der Waals surface area contributed by atoms with E-state index in [1.165, 1.54) is 0 Å². The average molecular weight is 239 g/mol. The van der Waals surface area contributed by atoms with Gasteiger partial charge in [-0.2, -0.15) is 0 Å². The molecule has 0 aliphatic heterocycles. The second-order valence-electron chi connectivity index (χ2n) is 4.72. The number of pyridine rings is 1. The van der Waals surface area contributed by atoms with Crippen molar-refractivity contribution in [3.05, 3.63) is 65.0 Å². The summed E-state index contributed by atoms with van der Waals surface area (Å²) in [4.78, 5) is 16.7. The van der Waals surface area contributed by atoms with Crippen LogP contribution in [0.25, 0.3) is 0 Å². The van der Waals surface area contributed by atoms with E-state index in [2.05, 4.69) is 11.1 Å². The number of carbonyl (C=O) groups is 1. The molecule has 0 saturated heterocycles. The van der Waals surface area contributed by atoms with Gasteiger partial charge < -0.3 is 0 Å². The van der Waals surface area contributed by atoms with Gasteiger partial charge in [-0.05, 0) is 45.0 Å². The second kappa shape index (κ2) is 5.13. The van der Waals surface area contributed by atoms with E-state index in [-0.39, 0.29) is 11.7 Å². The number of Topliss-reactive ketones (excluding diaryl/α,β-unsaturated/α-hetero) is 1. The van der Waals surface area contributed by atoms with E-state index < -0.39 is 0 Å². The second-order valence-corrected chi connectivity index (χ2v) is 4.72. The third-order valence-electron chi connectivity index (χ3n) is 3.03. The highest BCUT2D eigenvalue weighted by molar-refractivity contribution is 6.00. The fraction of sp³-hybridized carbons (Fsp3) is 0.250. The molecular formula is C16H17NO. The maximum atomic E-state index is 12.4. The number of benzene rings is 1. The monoisotopic (exact) mass is 239 g/mol. The Kier molecular flexibility index (Phi) is 3.56. The van der Waals surface area contributed by atoms with Gasteiger partial charge in [-0.1, -0.05) is 23.3 Å². The molecule has 1 aromatic carbocycles. The smallest absolute Gasteiger partial charge is 0.171 e. The minimum absolute atomic E-state index is 0.125. The van der Waals surface area contributed by atoms with Crippen LogP contribution in [0.2, 0.25) is 0 Å². The van der Waals surface area contributed by atoms with Gasteiger partial charge in [0.2, 0.25) is 0 Å². The molecule has 0 saturated carbocycles. The predicted molar refractivity (Wildman–Crippen MR) is 72.9 cm³/mol. The summed E-state index contributed by atoms with van der Waals surface area (Å²) in [6.45, 7) is 5.92. The molecule has 1 unspecified atom stereocenters. The molecule has 18 heavy (non-hydrogen) atoms. The first-order chi connectivity index (χ1) is 8.58. The van der Waals surface area contributed by atoms with Crippen LogP contribution in [-0.2, 0) is 0 Å². The molecule has 92 valence electrons. The van der Waals surface area contributed by atoms with Crippen molar-refractivity contribution >= 4 is 5.78 Å². The lowest BCUT2D eigenvalue weighted by atomic mass is 9.94. The molecule has 2 rings (SSSR count). The van der Waals surface area contributed by atoms with Gasteiger partial charge >= 0.3 is 0 Å². The largest absolute Gasteiger partial charge is 0.293 e. The number of hydrogen-bond donors (Lipinski definition) is 0. The van der Waals surface area contributed by atoms with Crippen LogP contribution in [0.1, 0.15) is 40.0 Å². The average Bonchev–Trinajstić information content (AvgIpc) is 2.37. The Morgan fingerprint density at radius 2 is 1.78 bits per heavy atom. The van der Waals surface area contributed by atoms with E-state index in [9.17, 15) is 4.79 Å². The van der Waals surface area contributed by atoms with Crippen molar-refractivity contribution < 1.29 is 4.79 Å². The van der Waals surface area contributed by atoms with Crippen molar-refractivity contribution in [2.24, 2.45) is 0 Å². The van der Waals surface area contributed by atoms with E-state index in [1.54, 1.807) is 6.20 Å². The first-order valence-corrected chi connectivity index (χ1v) is 6.11. The van der Waals surface area contributed by atoms with Gasteiger partial charge in [0, 0.05) is 11.8 Å². The zero-order chi connectivity index (χ0) is 13.1. The molecular weight excluding hydrogens is 222 g/mol. The van der Waals surface area contributed by atoms with E-state index in [0.717, 1.165) is 22.4 Å². The third-order valence-corrected chi connectivity index (χ3v) is 3.03. The Balaban J connectivity index is 2.31. The minimum Gasteiger partial charge on any atom is -0.293 e. The topological polar surface area (TPSA) is 30.0 Å². The normalized spacial score (nSPS) is 12.2. The van der Waals surface area contributed by atoms with Crippen molar-refractivity contribution in [1.82, 2.24) is 4.98 Å². The molecule has 0 aliphatic rings. The highest BCUT2D eigenvalue weighted by atomic mass is 16.1. The first-order valence-electron chi connectivity index (χ1n) is 6.11. The Bertz CT molecular complexity index is 540. The molecule has 0 fully saturated rings. The van der Waals surface area contributed by atoms with Gasteiger partial charge in [0.15, 0.2) is 5.78 Å². The molecule has 0 spiro atoms. The summed E-state index contributed by atoms with van der Waals surface area (Å²) in [6, 6.07) is 11.6. The molecule has 0 radical (unpaired) electrons. The van der Waals surface area contributed by atoms with Gasteiger partial charge in [-0.25, -0.2) is 0 Å². The number of aryl methyl sites for hydroxylation is 2. The van der Waals surface area contributed by atoms with E-state index in [4.69, 9.17) is 0 Å². The maximum Gasteiger partial charge on any atom is 0.171 e. The van der Waals surface area contributed by atoms with Crippen molar-refractivity contribution in [3.63, 3.8) is 0 Å². The number of aromatic nitrogens is 1. The molecule has 1 heterocycles. The van der Waals surface area contributed by atoms with Crippen molar-refractivity contribution in [2.45, 2.75) is 26.7 Å². The molecule has 0 amide bonds. The summed E-state index contributed by atoms with van der Waals surface area (Å²) < 4.78 is 0. The number of carbonyl (C=O) groups excluding carboxylic acids is 1. The zero-order valence-electron chi connectivity index (χ0n) is 11.0. The van der Waals surface area contributed by atoms with Crippen LogP contribution in [0.5, 0.6) is 0 Å². The highest BCUT2D eigenvalue weighted by Gasteiger charge is 2.18. The lowest BCUT2D eigenvalue weighted by Crippen LogP contribution is -2.11. The van der Waals surface area contributed by atoms with Gasteiger partial charge in [-0.3, -0.25) is 9.78 Å². The van der Waals surface area contributed by atoms with E-state index >= 15 is 0 Å². The fourth-order valence-corrected chi connectivity index (χ4v) is 2.13. The number of nitrogens with zero attached hydrogens (tertiary/aromatic N) is 1. The van der Waals surface area contributed by atoms with Crippen LogP contribution < -0.4 is 0 Å². The number of ketones is 1. The SMILES string of the molecule is Cc1cc(C)cc(C(=O)C(C)c2ccccn2)c1. The van der Waals surface area contributed by atoms with Crippen LogP contribution in [0.4, 0.5) is 0 Å². The van der Waals surface area contributed by atoms with Crippen LogP contribution >= 0.6 is 0 Å². The number of hydrogen-bond acceptors (Lipinski definition) is 2. The van der Waals surface area contributed by atoms with Gasteiger partial charge in [0.25, 0.3) is 0 Å². The summed E-state index contributed by atoms with van der Waals surface area (Å²) in [5.41, 5.74) is 3.82. The summed E-state index contributed by atoms with van der Waals surface area (Å²) in [6.07, 6.45) is 1.72. The molecule has 2 aromatic rings. The first kappa shape index (κ1) is 12.5. The predicted octanol–water partition coefficient (Wildman–Crippen LogP) is 3.68. The quantitative estimate of drug-likeness (QED) is 0.765. The standard InChI is InChI=1S/C16H17NO/c1-11-8-12(2)10-14(9-11)16(18)13(3)15-6-4-5-7-17-15/h4-10,13H,1-3H3. The van der Waals surface area contributed by atoms with Crippen molar-refractivity contribution in [3.8, 4) is 0 Å². The van der Waals surface area contributed by atoms with Gasteiger partial charge in [0.05, 0.1) is 11.6 Å².